The molecule has 4 rings (SSSR count). The van der Waals surface area contributed by atoms with Crippen molar-refractivity contribution in [1.29, 1.82) is 0 Å². The van der Waals surface area contributed by atoms with Crippen molar-refractivity contribution in [3.8, 4) is 17.2 Å². The fourth-order valence-corrected chi connectivity index (χ4v) is 3.67. The minimum atomic E-state index is 0.666. The predicted molar refractivity (Wildman–Crippen MR) is 107 cm³/mol. The van der Waals surface area contributed by atoms with Gasteiger partial charge in [-0.2, -0.15) is 0 Å². The number of fused-ring (bicyclic) bond motifs is 2. The second kappa shape index (κ2) is 7.36. The van der Waals surface area contributed by atoms with E-state index in [1.807, 2.05) is 36.4 Å². The number of hydrogen-bond acceptors (Lipinski definition) is 6. The molecule has 1 N–H and O–H groups in total. The van der Waals surface area contributed by atoms with Crippen molar-refractivity contribution in [2.75, 3.05) is 21.3 Å². The monoisotopic (exact) mass is 381 g/mol. The van der Waals surface area contributed by atoms with Crippen molar-refractivity contribution >= 4 is 33.7 Å². The molecule has 6 nitrogen and oxygen atoms in total. The molecule has 0 amide bonds. The van der Waals surface area contributed by atoms with Crippen LogP contribution in [0.4, 0.5) is 0 Å². The number of pyridine rings is 1. The van der Waals surface area contributed by atoms with E-state index in [9.17, 15) is 0 Å². The Morgan fingerprint density at radius 2 is 1.67 bits per heavy atom. The molecule has 0 saturated heterocycles. The molecule has 2 aromatic carbocycles. The molecule has 0 spiro atoms. The minimum Gasteiger partial charge on any atom is -0.497 e. The second-order valence-corrected chi connectivity index (χ2v) is 6.88. The summed E-state index contributed by atoms with van der Waals surface area (Å²) in [5, 5.41) is 1.89. The Bertz CT molecular complexity index is 1070. The highest BCUT2D eigenvalue weighted by Crippen LogP contribution is 2.33. The van der Waals surface area contributed by atoms with Crippen LogP contribution in [-0.2, 0) is 5.75 Å². The van der Waals surface area contributed by atoms with E-state index >= 15 is 0 Å². The molecule has 0 aliphatic heterocycles. The molecule has 0 aliphatic carbocycles. The Hall–Kier alpha value is -2.93. The summed E-state index contributed by atoms with van der Waals surface area (Å²) in [6, 6.07) is 13.7. The van der Waals surface area contributed by atoms with Gasteiger partial charge in [-0.3, -0.25) is 4.98 Å². The van der Waals surface area contributed by atoms with Crippen LogP contribution in [0.15, 0.2) is 47.6 Å². The van der Waals surface area contributed by atoms with Crippen LogP contribution in [0.5, 0.6) is 17.2 Å². The summed E-state index contributed by atoms with van der Waals surface area (Å²) in [5.41, 5.74) is 3.70. The normalized spacial score (nSPS) is 11.1. The van der Waals surface area contributed by atoms with E-state index in [4.69, 9.17) is 19.2 Å². The SMILES string of the molecule is COc1ccc2nc(CSc3nc4cc(OC)c(OC)cc4[nH]3)ccc2c1. The van der Waals surface area contributed by atoms with Crippen LogP contribution in [0.1, 0.15) is 5.69 Å². The number of rotatable bonds is 6. The zero-order valence-electron chi connectivity index (χ0n) is 15.3. The van der Waals surface area contributed by atoms with Gasteiger partial charge in [-0.1, -0.05) is 17.8 Å². The third kappa shape index (κ3) is 3.50. The van der Waals surface area contributed by atoms with E-state index in [1.54, 1.807) is 33.1 Å². The van der Waals surface area contributed by atoms with Gasteiger partial charge in [0.1, 0.15) is 5.75 Å². The van der Waals surface area contributed by atoms with E-state index in [0.29, 0.717) is 11.5 Å². The highest BCUT2D eigenvalue weighted by molar-refractivity contribution is 7.98. The van der Waals surface area contributed by atoms with Crippen molar-refractivity contribution in [2.45, 2.75) is 10.9 Å². The number of aromatic nitrogens is 3. The molecular formula is C20H19N3O3S. The number of imidazole rings is 1. The van der Waals surface area contributed by atoms with Crippen LogP contribution in [0, 0.1) is 0 Å². The summed E-state index contributed by atoms with van der Waals surface area (Å²) >= 11 is 1.61. The maximum Gasteiger partial charge on any atom is 0.166 e. The largest absolute Gasteiger partial charge is 0.497 e. The molecule has 0 atom stereocenters. The lowest BCUT2D eigenvalue weighted by Gasteiger charge is -2.06. The maximum atomic E-state index is 5.34. The predicted octanol–water partition coefficient (Wildman–Crippen LogP) is 4.43. The van der Waals surface area contributed by atoms with Gasteiger partial charge in [-0.05, 0) is 24.3 Å². The molecular weight excluding hydrogens is 362 g/mol. The van der Waals surface area contributed by atoms with E-state index < -0.39 is 0 Å². The molecule has 4 aromatic rings. The van der Waals surface area contributed by atoms with Crippen molar-refractivity contribution in [3.05, 3.63) is 48.2 Å². The maximum absolute atomic E-state index is 5.34. The molecule has 2 heterocycles. The van der Waals surface area contributed by atoms with Gasteiger partial charge in [0.2, 0.25) is 0 Å². The van der Waals surface area contributed by atoms with Gasteiger partial charge in [-0.15, -0.1) is 0 Å². The third-order valence-electron chi connectivity index (χ3n) is 4.28. The van der Waals surface area contributed by atoms with Gasteiger partial charge in [-0.25, -0.2) is 4.98 Å². The molecule has 138 valence electrons. The Morgan fingerprint density at radius 1 is 0.852 bits per heavy atom. The summed E-state index contributed by atoms with van der Waals surface area (Å²) in [4.78, 5) is 12.7. The quantitative estimate of drug-likeness (QED) is 0.498. The van der Waals surface area contributed by atoms with Gasteiger partial charge in [0.05, 0.1) is 43.6 Å². The molecule has 0 radical (unpaired) electrons. The highest BCUT2D eigenvalue weighted by Gasteiger charge is 2.11. The summed E-state index contributed by atoms with van der Waals surface area (Å²) in [6.45, 7) is 0. The lowest BCUT2D eigenvalue weighted by molar-refractivity contribution is 0.356. The minimum absolute atomic E-state index is 0.666. The van der Waals surface area contributed by atoms with Crippen LogP contribution in [0.25, 0.3) is 21.9 Å². The van der Waals surface area contributed by atoms with Gasteiger partial charge >= 0.3 is 0 Å². The fraction of sp³-hybridized carbons (Fsp3) is 0.200. The number of benzene rings is 2. The Morgan fingerprint density at radius 3 is 2.44 bits per heavy atom. The van der Waals surface area contributed by atoms with Crippen LogP contribution in [0.2, 0.25) is 0 Å². The molecule has 0 fully saturated rings. The Labute approximate surface area is 160 Å². The first-order valence-electron chi connectivity index (χ1n) is 8.38. The van der Waals surface area contributed by atoms with E-state index in [2.05, 4.69) is 16.0 Å². The molecule has 27 heavy (non-hydrogen) atoms. The number of nitrogens with zero attached hydrogens (tertiary/aromatic N) is 2. The first-order valence-corrected chi connectivity index (χ1v) is 9.37. The smallest absolute Gasteiger partial charge is 0.166 e. The third-order valence-corrected chi connectivity index (χ3v) is 5.18. The van der Waals surface area contributed by atoms with Gasteiger partial charge in [0.15, 0.2) is 16.7 Å². The average Bonchev–Trinajstić information content (AvgIpc) is 3.12. The standard InChI is InChI=1S/C20H19N3O3S/c1-24-14-6-7-15-12(8-14)4-5-13(21-15)11-27-20-22-16-9-18(25-2)19(26-3)10-17(16)23-20/h4-10H,11H2,1-3H3,(H,22,23). The van der Waals surface area contributed by atoms with Crippen molar-refractivity contribution in [3.63, 3.8) is 0 Å². The summed E-state index contributed by atoms with van der Waals surface area (Å²) in [6.07, 6.45) is 0. The summed E-state index contributed by atoms with van der Waals surface area (Å²) in [7, 11) is 4.90. The number of aromatic amines is 1. The number of methoxy groups -OCH3 is 3. The number of hydrogen-bond donors (Lipinski definition) is 1. The molecule has 0 bridgehead atoms. The zero-order valence-corrected chi connectivity index (χ0v) is 16.1. The van der Waals surface area contributed by atoms with Crippen molar-refractivity contribution in [2.24, 2.45) is 0 Å². The van der Waals surface area contributed by atoms with E-state index in [-0.39, 0.29) is 0 Å². The van der Waals surface area contributed by atoms with Crippen LogP contribution in [0.3, 0.4) is 0 Å². The molecule has 7 heteroatoms. The van der Waals surface area contributed by atoms with E-state index in [1.165, 1.54) is 0 Å². The number of ether oxygens (including phenoxy) is 3. The van der Waals surface area contributed by atoms with Crippen molar-refractivity contribution in [1.82, 2.24) is 15.0 Å². The topological polar surface area (TPSA) is 69.3 Å². The fourth-order valence-electron chi connectivity index (χ4n) is 2.88. The van der Waals surface area contributed by atoms with Gasteiger partial charge in [0, 0.05) is 23.3 Å². The van der Waals surface area contributed by atoms with Crippen molar-refractivity contribution < 1.29 is 14.2 Å². The molecule has 0 saturated carbocycles. The number of H-pyrrole nitrogens is 1. The second-order valence-electron chi connectivity index (χ2n) is 5.92. The first kappa shape index (κ1) is 17.5. The number of nitrogens with one attached hydrogen (secondary N) is 1. The van der Waals surface area contributed by atoms with Crippen LogP contribution < -0.4 is 14.2 Å². The lowest BCUT2D eigenvalue weighted by Crippen LogP contribution is -1.89. The molecule has 0 unspecified atom stereocenters. The summed E-state index contributed by atoms with van der Waals surface area (Å²) < 4.78 is 15.9. The van der Waals surface area contributed by atoms with Gasteiger partial charge < -0.3 is 19.2 Å². The van der Waals surface area contributed by atoms with Crippen LogP contribution in [-0.4, -0.2) is 36.3 Å². The highest BCUT2D eigenvalue weighted by atomic mass is 32.2. The van der Waals surface area contributed by atoms with E-state index in [0.717, 1.165) is 44.3 Å². The van der Waals surface area contributed by atoms with Crippen LogP contribution >= 0.6 is 11.8 Å². The molecule has 0 aliphatic rings. The zero-order chi connectivity index (χ0) is 18.8. The lowest BCUT2D eigenvalue weighted by atomic mass is 10.2. The average molecular weight is 381 g/mol. The Kier molecular flexibility index (Phi) is 4.77. The first-order chi connectivity index (χ1) is 13.2. The number of thioether (sulfide) groups is 1. The van der Waals surface area contributed by atoms with Gasteiger partial charge in [0.25, 0.3) is 0 Å². The molecule has 2 aromatic heterocycles. The Balaban J connectivity index is 1.55. The summed E-state index contributed by atoms with van der Waals surface area (Å²) in [5.74, 6) is 2.90.